The van der Waals surface area contributed by atoms with Crippen LogP contribution < -0.4 is 0 Å². The lowest BCUT2D eigenvalue weighted by Gasteiger charge is -2.30. The Bertz CT molecular complexity index is 247. The molecule has 0 spiro atoms. The minimum absolute atomic E-state index is 0.139. The number of carbonyl (C=O) groups is 1. The number of unbranched alkanes of at least 4 members (excludes halogenated alkanes) is 3. The molecule has 0 aliphatic heterocycles. The van der Waals surface area contributed by atoms with Gasteiger partial charge in [0.2, 0.25) is 0 Å². The molecule has 5 nitrogen and oxygen atoms in total. The van der Waals surface area contributed by atoms with Crippen LogP contribution >= 0.6 is 0 Å². The van der Waals surface area contributed by atoms with Crippen LogP contribution in [0.4, 0.5) is 0 Å². The van der Waals surface area contributed by atoms with Crippen LogP contribution in [0.2, 0.25) is 6.04 Å². The maximum absolute atomic E-state index is 10.8. The summed E-state index contributed by atoms with van der Waals surface area (Å²) in [6, 6.07) is 0.594. The van der Waals surface area contributed by atoms with Crippen molar-refractivity contribution in [1.82, 2.24) is 0 Å². The summed E-state index contributed by atoms with van der Waals surface area (Å²) < 4.78 is 18.1. The van der Waals surface area contributed by atoms with E-state index in [2.05, 4.69) is 20.8 Å². The van der Waals surface area contributed by atoms with E-state index in [0.29, 0.717) is 32.3 Å². The molecule has 0 radical (unpaired) electrons. The highest BCUT2D eigenvalue weighted by Gasteiger charge is 2.40. The van der Waals surface area contributed by atoms with Crippen molar-refractivity contribution in [3.8, 4) is 0 Å². The first-order chi connectivity index (χ1) is 10.6. The molecule has 0 aromatic carbocycles. The minimum atomic E-state index is -2.74. The highest BCUT2D eigenvalue weighted by molar-refractivity contribution is 6.60. The largest absolute Gasteiger partial charge is 0.500 e. The van der Waals surface area contributed by atoms with Gasteiger partial charge in [0.15, 0.2) is 0 Å². The molecule has 0 rings (SSSR count). The lowest BCUT2D eigenvalue weighted by Crippen LogP contribution is -2.46. The zero-order valence-corrected chi connectivity index (χ0v) is 15.6. The van der Waals surface area contributed by atoms with Crippen LogP contribution in [0.25, 0.3) is 0 Å². The third-order valence-electron chi connectivity index (χ3n) is 3.33. The Balaban J connectivity index is 4.64. The van der Waals surface area contributed by atoms with Gasteiger partial charge in [0, 0.05) is 32.3 Å². The van der Waals surface area contributed by atoms with E-state index in [1.165, 1.54) is 0 Å². The van der Waals surface area contributed by atoms with E-state index in [0.717, 1.165) is 38.5 Å². The van der Waals surface area contributed by atoms with Crippen LogP contribution in [0.1, 0.15) is 72.1 Å². The Labute approximate surface area is 136 Å². The molecule has 0 fully saturated rings. The van der Waals surface area contributed by atoms with Crippen molar-refractivity contribution in [2.45, 2.75) is 78.2 Å². The average Bonchev–Trinajstić information content (AvgIpc) is 2.47. The number of aliphatic carboxylic acids is 1. The molecule has 0 aromatic rings. The number of hydrogen-bond donors (Lipinski definition) is 1. The number of carboxylic acids is 1. The van der Waals surface area contributed by atoms with Crippen LogP contribution in [0.3, 0.4) is 0 Å². The molecule has 0 amide bonds. The smallest absolute Gasteiger partial charge is 0.481 e. The molecular weight excluding hydrogens is 300 g/mol. The van der Waals surface area contributed by atoms with E-state index >= 15 is 0 Å². The van der Waals surface area contributed by atoms with Crippen molar-refractivity contribution in [3.05, 3.63) is 0 Å². The van der Waals surface area contributed by atoms with Gasteiger partial charge in [0.1, 0.15) is 0 Å². The third kappa shape index (κ3) is 11.2. The Morgan fingerprint density at radius 1 is 0.818 bits per heavy atom. The first kappa shape index (κ1) is 21.6. The summed E-state index contributed by atoms with van der Waals surface area (Å²) in [5.74, 6) is -0.779. The van der Waals surface area contributed by atoms with E-state index in [-0.39, 0.29) is 6.42 Å². The van der Waals surface area contributed by atoms with Crippen molar-refractivity contribution < 1.29 is 23.2 Å². The van der Waals surface area contributed by atoms with Crippen molar-refractivity contribution in [2.75, 3.05) is 19.8 Å². The fourth-order valence-corrected chi connectivity index (χ4v) is 4.57. The van der Waals surface area contributed by atoms with E-state index in [1.807, 2.05) is 0 Å². The van der Waals surface area contributed by atoms with E-state index in [4.69, 9.17) is 18.4 Å². The summed E-state index contributed by atoms with van der Waals surface area (Å²) in [7, 11) is -2.74. The minimum Gasteiger partial charge on any atom is -0.481 e. The Morgan fingerprint density at radius 3 is 1.55 bits per heavy atom. The molecular formula is C16H34O5Si. The second kappa shape index (κ2) is 14.2. The highest BCUT2D eigenvalue weighted by atomic mass is 28.4. The fourth-order valence-electron chi connectivity index (χ4n) is 1.91. The van der Waals surface area contributed by atoms with E-state index < -0.39 is 14.8 Å². The maximum atomic E-state index is 10.8. The average molecular weight is 335 g/mol. The zero-order valence-electron chi connectivity index (χ0n) is 14.6. The Kier molecular flexibility index (Phi) is 13.9. The summed E-state index contributed by atoms with van der Waals surface area (Å²) in [6.07, 6.45) is 6.79. The lowest BCUT2D eigenvalue weighted by molar-refractivity contribution is -0.137. The summed E-state index contributed by atoms with van der Waals surface area (Å²) in [5.41, 5.74) is 0. The quantitative estimate of drug-likeness (QED) is 0.338. The van der Waals surface area contributed by atoms with E-state index in [9.17, 15) is 4.79 Å². The van der Waals surface area contributed by atoms with Crippen molar-refractivity contribution in [1.29, 1.82) is 0 Å². The van der Waals surface area contributed by atoms with Crippen molar-refractivity contribution in [3.63, 3.8) is 0 Å². The van der Waals surface area contributed by atoms with Crippen molar-refractivity contribution >= 4 is 14.8 Å². The SMILES string of the molecule is CCCCO[Si](CCCC(=O)O)(OCCCC)OCCCC. The molecule has 0 aliphatic rings. The van der Waals surface area contributed by atoms with Gasteiger partial charge in [0.25, 0.3) is 0 Å². The normalized spacial score (nSPS) is 11.8. The molecule has 0 heterocycles. The van der Waals surface area contributed by atoms with Crippen molar-refractivity contribution in [2.24, 2.45) is 0 Å². The summed E-state index contributed by atoms with van der Waals surface area (Å²) in [5, 5.41) is 8.85. The summed E-state index contributed by atoms with van der Waals surface area (Å²) in [6.45, 7) is 8.25. The molecule has 0 saturated carbocycles. The predicted octanol–water partition coefficient (Wildman–Crippen LogP) is 4.24. The van der Waals surface area contributed by atoms with Gasteiger partial charge in [-0.2, -0.15) is 0 Å². The second-order valence-electron chi connectivity index (χ2n) is 5.54. The van der Waals surface area contributed by atoms with Crippen LogP contribution in [0.15, 0.2) is 0 Å². The van der Waals surface area contributed by atoms with E-state index in [1.54, 1.807) is 0 Å². The number of carboxylic acid groups (broad SMARTS) is 1. The summed E-state index contributed by atoms with van der Waals surface area (Å²) in [4.78, 5) is 10.8. The molecule has 6 heteroatoms. The van der Waals surface area contributed by atoms with Gasteiger partial charge < -0.3 is 18.4 Å². The monoisotopic (exact) mass is 334 g/mol. The number of hydrogen-bond acceptors (Lipinski definition) is 4. The third-order valence-corrected chi connectivity index (χ3v) is 6.23. The van der Waals surface area contributed by atoms with Gasteiger partial charge >= 0.3 is 14.8 Å². The zero-order chi connectivity index (χ0) is 16.7. The molecule has 0 aromatic heterocycles. The van der Waals surface area contributed by atoms with Gasteiger partial charge in [-0.05, 0) is 25.7 Å². The van der Waals surface area contributed by atoms with Crippen LogP contribution in [-0.2, 0) is 18.1 Å². The van der Waals surface area contributed by atoms with Crippen LogP contribution in [0.5, 0.6) is 0 Å². The van der Waals surface area contributed by atoms with Crippen LogP contribution in [0, 0.1) is 0 Å². The standard InChI is InChI=1S/C16H34O5Si/c1-4-7-12-19-22(20-13-8-5-2,21-14-9-6-3)15-10-11-16(17)18/h4-15H2,1-3H3,(H,17,18). The fraction of sp³-hybridized carbons (Fsp3) is 0.938. The van der Waals surface area contributed by atoms with Gasteiger partial charge in [-0.3, -0.25) is 4.79 Å². The molecule has 0 bridgehead atoms. The second-order valence-corrected chi connectivity index (χ2v) is 8.27. The predicted molar refractivity (Wildman–Crippen MR) is 90.0 cm³/mol. The molecule has 0 atom stereocenters. The topological polar surface area (TPSA) is 65.0 Å². The Morgan fingerprint density at radius 2 is 1.23 bits per heavy atom. The molecule has 0 unspecified atom stereocenters. The van der Waals surface area contributed by atoms with Gasteiger partial charge in [-0.1, -0.05) is 40.0 Å². The maximum Gasteiger partial charge on any atom is 0.500 e. The van der Waals surface area contributed by atoms with Gasteiger partial charge in [0.05, 0.1) is 0 Å². The molecule has 0 saturated heterocycles. The lowest BCUT2D eigenvalue weighted by atomic mass is 10.3. The number of rotatable bonds is 16. The Hall–Kier alpha value is -0.433. The molecule has 132 valence electrons. The molecule has 0 aliphatic carbocycles. The first-order valence-electron chi connectivity index (χ1n) is 8.73. The summed E-state index contributed by atoms with van der Waals surface area (Å²) >= 11 is 0. The first-order valence-corrected chi connectivity index (χ1v) is 10.7. The highest BCUT2D eigenvalue weighted by Crippen LogP contribution is 2.21. The van der Waals surface area contributed by atoms with Gasteiger partial charge in [-0.25, -0.2) is 0 Å². The van der Waals surface area contributed by atoms with Crippen LogP contribution in [-0.4, -0.2) is 39.7 Å². The molecule has 22 heavy (non-hydrogen) atoms. The molecule has 1 N–H and O–H groups in total. The van der Waals surface area contributed by atoms with Gasteiger partial charge in [-0.15, -0.1) is 0 Å².